The van der Waals surface area contributed by atoms with E-state index in [-0.39, 0.29) is 18.4 Å². The third kappa shape index (κ3) is 4.30. The first-order valence-electron chi connectivity index (χ1n) is 5.58. The Labute approximate surface area is 112 Å². The minimum absolute atomic E-state index is 0.194. The van der Waals surface area contributed by atoms with E-state index < -0.39 is 35.5 Å². The molecule has 108 valence electrons. The average Bonchev–Trinajstić information content (AvgIpc) is 2.36. The van der Waals surface area contributed by atoms with Gasteiger partial charge < -0.3 is 16.2 Å². The zero-order valence-corrected chi connectivity index (χ0v) is 10.2. The zero-order valence-electron chi connectivity index (χ0n) is 10.2. The predicted molar refractivity (Wildman–Crippen MR) is 63.7 cm³/mol. The molecule has 1 rings (SSSR count). The Hall–Kier alpha value is -2.51. The molecule has 0 aliphatic heterocycles. The summed E-state index contributed by atoms with van der Waals surface area (Å²) in [5, 5.41) is 10.7. The van der Waals surface area contributed by atoms with Gasteiger partial charge in [0.15, 0.2) is 11.6 Å². The van der Waals surface area contributed by atoms with Crippen molar-refractivity contribution >= 4 is 17.8 Å². The van der Waals surface area contributed by atoms with E-state index in [0.29, 0.717) is 6.07 Å². The zero-order chi connectivity index (χ0) is 15.3. The minimum Gasteiger partial charge on any atom is -0.481 e. The van der Waals surface area contributed by atoms with Crippen LogP contribution in [0.3, 0.4) is 0 Å². The number of carbonyl (C=O) groups excluding carboxylic acids is 2. The molecule has 2 amide bonds. The van der Waals surface area contributed by atoms with Gasteiger partial charge in [0.1, 0.15) is 6.04 Å². The topological polar surface area (TPSA) is 109 Å². The number of amides is 2. The molecule has 0 heterocycles. The van der Waals surface area contributed by atoms with Crippen molar-refractivity contribution in [3.63, 3.8) is 0 Å². The van der Waals surface area contributed by atoms with Gasteiger partial charge in [0.2, 0.25) is 5.91 Å². The number of carboxylic acid groups (broad SMARTS) is 1. The number of carboxylic acids is 1. The molecular formula is C12H12F2N2O4. The van der Waals surface area contributed by atoms with E-state index in [1.54, 1.807) is 0 Å². The van der Waals surface area contributed by atoms with Gasteiger partial charge in [0, 0.05) is 12.0 Å². The molecule has 0 saturated heterocycles. The van der Waals surface area contributed by atoms with Crippen LogP contribution in [0, 0.1) is 11.6 Å². The summed E-state index contributed by atoms with van der Waals surface area (Å²) in [6.07, 6.45) is -0.564. The van der Waals surface area contributed by atoms with Gasteiger partial charge in [-0.25, -0.2) is 8.78 Å². The van der Waals surface area contributed by atoms with E-state index in [2.05, 4.69) is 5.32 Å². The van der Waals surface area contributed by atoms with Crippen LogP contribution in [-0.4, -0.2) is 28.9 Å². The van der Waals surface area contributed by atoms with Gasteiger partial charge >= 0.3 is 5.97 Å². The first-order valence-corrected chi connectivity index (χ1v) is 5.58. The van der Waals surface area contributed by atoms with Crippen LogP contribution in [0.1, 0.15) is 23.2 Å². The number of nitrogens with one attached hydrogen (secondary N) is 1. The Balaban J connectivity index is 2.77. The fraction of sp³-hybridized carbons (Fsp3) is 0.250. The van der Waals surface area contributed by atoms with Crippen molar-refractivity contribution < 1.29 is 28.3 Å². The molecule has 1 atom stereocenters. The molecule has 8 heteroatoms. The van der Waals surface area contributed by atoms with Gasteiger partial charge in [-0.3, -0.25) is 14.4 Å². The van der Waals surface area contributed by atoms with Crippen molar-refractivity contribution in [3.05, 3.63) is 35.4 Å². The first-order chi connectivity index (χ1) is 9.31. The number of carbonyl (C=O) groups is 3. The number of primary amides is 1. The summed E-state index contributed by atoms with van der Waals surface area (Å²) in [5.74, 6) is -5.24. The number of rotatable bonds is 6. The fourth-order valence-electron chi connectivity index (χ4n) is 1.43. The molecule has 4 N–H and O–H groups in total. The number of nitrogens with two attached hydrogens (primary N) is 1. The number of hydrogen-bond donors (Lipinski definition) is 3. The summed E-state index contributed by atoms with van der Waals surface area (Å²) in [6, 6.07) is 1.26. The van der Waals surface area contributed by atoms with Crippen LogP contribution >= 0.6 is 0 Å². The van der Waals surface area contributed by atoms with Gasteiger partial charge in [-0.1, -0.05) is 0 Å². The molecule has 0 aromatic heterocycles. The molecule has 1 aromatic carbocycles. The summed E-state index contributed by atoms with van der Waals surface area (Å²) in [4.78, 5) is 33.2. The maximum Gasteiger partial charge on any atom is 0.303 e. The molecule has 0 aliphatic carbocycles. The van der Waals surface area contributed by atoms with Crippen LogP contribution in [0.15, 0.2) is 18.2 Å². The Morgan fingerprint density at radius 2 is 1.90 bits per heavy atom. The van der Waals surface area contributed by atoms with Gasteiger partial charge in [0.25, 0.3) is 5.91 Å². The molecule has 6 nitrogen and oxygen atoms in total. The van der Waals surface area contributed by atoms with Crippen LogP contribution in [0.4, 0.5) is 8.78 Å². The third-order valence-electron chi connectivity index (χ3n) is 2.48. The Morgan fingerprint density at radius 3 is 2.40 bits per heavy atom. The van der Waals surface area contributed by atoms with Crippen LogP contribution in [-0.2, 0) is 9.59 Å². The number of hydrogen-bond acceptors (Lipinski definition) is 3. The van der Waals surface area contributed by atoms with Crippen molar-refractivity contribution in [2.24, 2.45) is 5.73 Å². The summed E-state index contributed by atoms with van der Waals surface area (Å²) in [5.41, 5.74) is 4.82. The van der Waals surface area contributed by atoms with Gasteiger partial charge in [-0.05, 0) is 24.6 Å². The molecule has 0 unspecified atom stereocenters. The van der Waals surface area contributed by atoms with Gasteiger partial charge in [0.05, 0.1) is 0 Å². The summed E-state index contributed by atoms with van der Waals surface area (Å²) >= 11 is 0. The Bertz CT molecular complexity index is 548. The number of aliphatic carboxylic acids is 1. The Kier molecular flexibility index (Phi) is 5.13. The highest BCUT2D eigenvalue weighted by molar-refractivity contribution is 5.97. The van der Waals surface area contributed by atoms with Gasteiger partial charge in [-0.2, -0.15) is 0 Å². The molecular weight excluding hydrogens is 274 g/mol. The Morgan fingerprint density at radius 1 is 1.25 bits per heavy atom. The van der Waals surface area contributed by atoms with E-state index >= 15 is 0 Å². The maximum atomic E-state index is 13.0. The summed E-state index contributed by atoms with van der Waals surface area (Å²) in [6.45, 7) is 0. The van der Waals surface area contributed by atoms with Crippen LogP contribution in [0.5, 0.6) is 0 Å². The highest BCUT2D eigenvalue weighted by Gasteiger charge is 2.20. The third-order valence-corrected chi connectivity index (χ3v) is 2.48. The van der Waals surface area contributed by atoms with E-state index in [4.69, 9.17) is 10.8 Å². The molecule has 20 heavy (non-hydrogen) atoms. The fourth-order valence-corrected chi connectivity index (χ4v) is 1.43. The lowest BCUT2D eigenvalue weighted by Crippen LogP contribution is -2.44. The van der Waals surface area contributed by atoms with Crippen molar-refractivity contribution in [1.29, 1.82) is 0 Å². The lowest BCUT2D eigenvalue weighted by Gasteiger charge is -2.14. The highest BCUT2D eigenvalue weighted by Crippen LogP contribution is 2.09. The van der Waals surface area contributed by atoms with Crippen LogP contribution in [0.2, 0.25) is 0 Å². The van der Waals surface area contributed by atoms with Gasteiger partial charge in [-0.15, -0.1) is 0 Å². The second-order valence-corrected chi connectivity index (χ2v) is 3.99. The van der Waals surface area contributed by atoms with E-state index in [0.717, 1.165) is 12.1 Å². The van der Waals surface area contributed by atoms with Crippen molar-refractivity contribution in [2.45, 2.75) is 18.9 Å². The molecule has 0 radical (unpaired) electrons. The van der Waals surface area contributed by atoms with Crippen LogP contribution in [0.25, 0.3) is 0 Å². The molecule has 0 bridgehead atoms. The second-order valence-electron chi connectivity index (χ2n) is 3.99. The monoisotopic (exact) mass is 286 g/mol. The van der Waals surface area contributed by atoms with Crippen molar-refractivity contribution in [2.75, 3.05) is 0 Å². The lowest BCUT2D eigenvalue weighted by atomic mass is 10.1. The largest absolute Gasteiger partial charge is 0.481 e. The van der Waals surface area contributed by atoms with Crippen LogP contribution < -0.4 is 11.1 Å². The molecule has 1 aromatic rings. The molecule has 0 saturated carbocycles. The smallest absolute Gasteiger partial charge is 0.303 e. The highest BCUT2D eigenvalue weighted by atomic mass is 19.2. The van der Waals surface area contributed by atoms with E-state index in [9.17, 15) is 23.2 Å². The normalized spacial score (nSPS) is 11.7. The average molecular weight is 286 g/mol. The quantitative estimate of drug-likeness (QED) is 0.703. The number of halogens is 2. The number of benzene rings is 1. The van der Waals surface area contributed by atoms with E-state index in [1.165, 1.54) is 0 Å². The standard InChI is InChI=1S/C12H12F2N2O4/c13-7-2-1-6(5-8(7)14)12(20)16-9(11(15)19)3-4-10(17)18/h1-2,5,9H,3-4H2,(H2,15,19)(H,16,20)(H,17,18)/t9-/m0/s1. The lowest BCUT2D eigenvalue weighted by molar-refractivity contribution is -0.137. The maximum absolute atomic E-state index is 13.0. The molecule has 0 fully saturated rings. The molecule has 0 aliphatic rings. The summed E-state index contributed by atoms with van der Waals surface area (Å²) in [7, 11) is 0. The second kappa shape index (κ2) is 6.60. The van der Waals surface area contributed by atoms with Crippen molar-refractivity contribution in [3.8, 4) is 0 Å². The van der Waals surface area contributed by atoms with E-state index in [1.807, 2.05) is 0 Å². The SMILES string of the molecule is NC(=O)[C@H](CCC(=O)O)NC(=O)c1ccc(F)c(F)c1. The summed E-state index contributed by atoms with van der Waals surface area (Å²) < 4.78 is 25.7. The van der Waals surface area contributed by atoms with Crippen molar-refractivity contribution in [1.82, 2.24) is 5.32 Å². The predicted octanol–water partition coefficient (Wildman–Crippen LogP) is 0.413. The first kappa shape index (κ1) is 15.5. The molecule has 0 spiro atoms. The minimum atomic E-state index is -1.21.